The van der Waals surface area contributed by atoms with E-state index in [1.54, 1.807) is 0 Å². The molecule has 0 rings (SSSR count). The number of rotatable bonds is 37. The summed E-state index contributed by atoms with van der Waals surface area (Å²) < 4.78 is 0. The molecule has 14 N–H and O–H groups in total. The number of carbonyl (C=O) groups is 2. The zero-order valence-electron chi connectivity index (χ0n) is 36.3. The van der Waals surface area contributed by atoms with Crippen LogP contribution < -0.4 is 11.5 Å². The lowest BCUT2D eigenvalue weighted by atomic mass is 10.0. The summed E-state index contributed by atoms with van der Waals surface area (Å²) in [7, 11) is 0. The molecule has 0 aliphatic carbocycles. The Kier molecular flexibility index (Phi) is 43.4. The molecule has 0 aromatic heterocycles. The highest BCUT2D eigenvalue weighted by Crippen LogP contribution is 2.15. The first-order valence-corrected chi connectivity index (χ1v) is 22.4. The number of aliphatic carboxylic acids is 2. The Balaban J connectivity index is -0.000000847. The second kappa shape index (κ2) is 41.7. The van der Waals surface area contributed by atoms with E-state index in [1.807, 2.05) is 0 Å². The van der Waals surface area contributed by atoms with Crippen LogP contribution in [0.4, 0.5) is 0 Å². The highest BCUT2D eigenvalue weighted by Gasteiger charge is 2.29. The van der Waals surface area contributed by atoms with E-state index in [0.717, 1.165) is 38.5 Å². The fraction of sp³-hybridized carbons (Fsp3) is 0.864. The molecular weight excluding hydrogens is 748 g/mol. The van der Waals surface area contributed by atoms with Gasteiger partial charge in [0.1, 0.15) is 12.2 Å². The highest BCUT2D eigenvalue weighted by atomic mass is 16.5. The summed E-state index contributed by atoms with van der Waals surface area (Å²) in [6.07, 6.45) is 37.3. The van der Waals surface area contributed by atoms with E-state index in [9.17, 15) is 19.8 Å². The number of hydrogen-bond acceptors (Lipinski definition) is 12. The molecular formula is C44H88N2O12. The number of aliphatic hydroxyl groups excluding tert-OH is 4. The Labute approximate surface area is 350 Å². The summed E-state index contributed by atoms with van der Waals surface area (Å²) in [6, 6.07) is 0. The van der Waals surface area contributed by atoms with E-state index in [2.05, 4.69) is 38.2 Å². The molecule has 14 nitrogen and oxygen atoms in total. The minimum Gasteiger partial charge on any atom is -0.479 e. The maximum Gasteiger partial charge on any atom is 0.335 e. The van der Waals surface area contributed by atoms with Gasteiger partial charge < -0.3 is 51.1 Å². The summed E-state index contributed by atoms with van der Waals surface area (Å²) in [5.74, 6) is -8.45. The third-order valence-corrected chi connectivity index (χ3v) is 9.76. The van der Waals surface area contributed by atoms with E-state index < -0.39 is 48.2 Å². The number of carboxylic acids is 2. The van der Waals surface area contributed by atoms with Crippen LogP contribution in [-0.4, -0.2) is 99.2 Å². The minimum absolute atomic E-state index is 0.338. The second-order valence-corrected chi connectivity index (χ2v) is 15.6. The fourth-order valence-corrected chi connectivity index (χ4v) is 5.87. The number of hydrogen-bond donors (Lipinski definition) is 12. The maximum absolute atomic E-state index is 9.77. The number of unbranched alkanes of at least 4 members (excludes halogenated alkanes) is 24. The van der Waals surface area contributed by atoms with Crippen LogP contribution in [0, 0.1) is 0 Å². The van der Waals surface area contributed by atoms with Crippen LogP contribution in [0.25, 0.3) is 0 Å². The molecule has 0 bridgehead atoms. The average molecular weight is 837 g/mol. The van der Waals surface area contributed by atoms with Gasteiger partial charge in [-0.1, -0.05) is 167 Å². The Morgan fingerprint density at radius 3 is 0.828 bits per heavy atom. The van der Waals surface area contributed by atoms with Crippen molar-refractivity contribution in [1.29, 1.82) is 0 Å². The molecule has 14 heteroatoms. The Hall–Kier alpha value is -1.98. The predicted octanol–water partition coefficient (Wildman–Crippen LogP) is 6.62. The maximum atomic E-state index is 9.77. The number of aliphatic hydroxyl groups is 8. The monoisotopic (exact) mass is 837 g/mol. The lowest BCUT2D eigenvalue weighted by Crippen LogP contribution is -2.50. The number of carboxylic acid groups (broad SMARTS) is 2. The van der Waals surface area contributed by atoms with Crippen molar-refractivity contribution in [3.05, 3.63) is 24.3 Å². The first-order valence-electron chi connectivity index (χ1n) is 22.4. The van der Waals surface area contributed by atoms with Crippen LogP contribution in [0.15, 0.2) is 24.3 Å². The lowest BCUT2D eigenvalue weighted by Gasteiger charge is -2.22. The van der Waals surface area contributed by atoms with Gasteiger partial charge >= 0.3 is 11.9 Å². The molecule has 4 atom stereocenters. The van der Waals surface area contributed by atoms with Gasteiger partial charge in [-0.2, -0.15) is 0 Å². The Morgan fingerprint density at radius 1 is 0.414 bits per heavy atom. The first-order chi connectivity index (χ1) is 27.4. The molecule has 58 heavy (non-hydrogen) atoms. The van der Waals surface area contributed by atoms with Crippen molar-refractivity contribution in [3.63, 3.8) is 0 Å². The SMILES string of the molecule is CCCCCCCC/C=C\CCCCCCCCC(O)C(N)(O)O.CCCCCCCC/C=C\CCCCCCCCC(O)C(N)(O)O.O=C(O)C(O)C(O)C(=O)O. The Morgan fingerprint density at radius 2 is 0.621 bits per heavy atom. The minimum atomic E-state index is -2.46. The van der Waals surface area contributed by atoms with Gasteiger partial charge in [0.2, 0.25) is 11.8 Å². The van der Waals surface area contributed by atoms with Gasteiger partial charge in [0.25, 0.3) is 0 Å². The van der Waals surface area contributed by atoms with Gasteiger partial charge in [-0.15, -0.1) is 0 Å². The molecule has 0 amide bonds. The van der Waals surface area contributed by atoms with Gasteiger partial charge in [0.05, 0.1) is 0 Å². The van der Waals surface area contributed by atoms with Gasteiger partial charge in [-0.3, -0.25) is 11.5 Å². The number of nitrogens with two attached hydrogens (primary N) is 2. The zero-order chi connectivity index (χ0) is 44.5. The summed E-state index contributed by atoms with van der Waals surface area (Å²) in [5, 5.41) is 87.2. The summed E-state index contributed by atoms with van der Waals surface area (Å²) in [6.45, 7) is 4.51. The normalized spacial score (nSPS) is 14.1. The van der Waals surface area contributed by atoms with Crippen molar-refractivity contribution < 1.29 is 60.7 Å². The van der Waals surface area contributed by atoms with Crippen molar-refractivity contribution in [2.75, 3.05) is 0 Å². The van der Waals surface area contributed by atoms with Crippen molar-refractivity contribution >= 4 is 11.9 Å². The topological polar surface area (TPSA) is 288 Å². The highest BCUT2D eigenvalue weighted by molar-refractivity contribution is 5.83. The summed E-state index contributed by atoms with van der Waals surface area (Å²) >= 11 is 0. The smallest absolute Gasteiger partial charge is 0.335 e. The summed E-state index contributed by atoms with van der Waals surface area (Å²) in [5.41, 5.74) is 10.0. The third-order valence-electron chi connectivity index (χ3n) is 9.76. The Bertz CT molecular complexity index is 893. The van der Waals surface area contributed by atoms with Gasteiger partial charge in [0.15, 0.2) is 12.2 Å². The zero-order valence-corrected chi connectivity index (χ0v) is 36.3. The third kappa shape index (κ3) is 45.1. The first kappa shape index (κ1) is 60.3. The van der Waals surface area contributed by atoms with Gasteiger partial charge in [-0.25, -0.2) is 9.59 Å². The van der Waals surface area contributed by atoms with Crippen LogP contribution in [0.1, 0.15) is 206 Å². The van der Waals surface area contributed by atoms with E-state index in [1.165, 1.54) is 141 Å². The second-order valence-electron chi connectivity index (χ2n) is 15.6. The van der Waals surface area contributed by atoms with Gasteiger partial charge in [-0.05, 0) is 64.2 Å². The van der Waals surface area contributed by atoms with E-state index in [-0.39, 0.29) is 0 Å². The molecule has 0 aromatic rings. The molecule has 0 radical (unpaired) electrons. The van der Waals surface area contributed by atoms with Crippen molar-refractivity contribution in [2.45, 2.75) is 243 Å². The van der Waals surface area contributed by atoms with Gasteiger partial charge in [0, 0.05) is 0 Å². The molecule has 4 unspecified atom stereocenters. The van der Waals surface area contributed by atoms with E-state index in [0.29, 0.717) is 12.8 Å². The quantitative estimate of drug-likeness (QED) is 0.0178. The van der Waals surface area contributed by atoms with E-state index in [4.69, 9.17) is 52.3 Å². The number of allylic oxidation sites excluding steroid dienone is 4. The van der Waals surface area contributed by atoms with Crippen molar-refractivity contribution in [1.82, 2.24) is 0 Å². The summed E-state index contributed by atoms with van der Waals surface area (Å²) in [4.78, 5) is 19.5. The van der Waals surface area contributed by atoms with Crippen LogP contribution in [0.3, 0.4) is 0 Å². The molecule has 0 aliphatic heterocycles. The van der Waals surface area contributed by atoms with Crippen LogP contribution in [0.2, 0.25) is 0 Å². The predicted molar refractivity (Wildman–Crippen MR) is 230 cm³/mol. The average Bonchev–Trinajstić information content (AvgIpc) is 3.16. The molecule has 0 fully saturated rings. The molecule has 0 heterocycles. The molecule has 0 aromatic carbocycles. The lowest BCUT2D eigenvalue weighted by molar-refractivity contribution is -0.222. The van der Waals surface area contributed by atoms with Crippen molar-refractivity contribution in [3.8, 4) is 0 Å². The van der Waals surface area contributed by atoms with E-state index >= 15 is 0 Å². The van der Waals surface area contributed by atoms with Crippen molar-refractivity contribution in [2.24, 2.45) is 11.5 Å². The molecule has 0 saturated carbocycles. The molecule has 0 spiro atoms. The molecule has 0 aliphatic rings. The largest absolute Gasteiger partial charge is 0.479 e. The fourth-order valence-electron chi connectivity index (χ4n) is 5.87. The van der Waals surface area contributed by atoms with Crippen LogP contribution in [0.5, 0.6) is 0 Å². The van der Waals surface area contributed by atoms with Crippen LogP contribution in [-0.2, 0) is 9.59 Å². The standard InChI is InChI=1S/2C20H41NO3.C4H6O6/c2*1-2-3-4-5-6-7-8-9-10-11-12-13-14-15-16-17-18-19(22)20(21,23)24;5-1(3(7)8)2(6)4(9)10/h2*9-10,19,22-24H,2-8,11-18,21H2,1H3;1-2,5-6H,(H,7,8)(H,9,10)/b2*10-9-;. The molecule has 346 valence electrons. The molecule has 0 saturated heterocycles. The van der Waals surface area contributed by atoms with Crippen LogP contribution >= 0.6 is 0 Å².